The topological polar surface area (TPSA) is 80.2 Å². The molecule has 0 atom stereocenters. The molecular weight excluding hydrogens is 327 g/mol. The van der Waals surface area contributed by atoms with Crippen molar-refractivity contribution >= 4 is 17.4 Å². The van der Waals surface area contributed by atoms with Gasteiger partial charge in [0.25, 0.3) is 5.91 Å². The Balaban J connectivity index is 2.28. The molecule has 10 heteroatoms. The number of aromatic nitrogens is 3. The number of anilines is 2. The first kappa shape index (κ1) is 17.4. The van der Waals surface area contributed by atoms with Gasteiger partial charge >= 0.3 is 6.18 Å². The van der Waals surface area contributed by atoms with Crippen LogP contribution < -0.4 is 15.0 Å². The van der Waals surface area contributed by atoms with Gasteiger partial charge in [-0.1, -0.05) is 0 Å². The van der Waals surface area contributed by atoms with Crippen molar-refractivity contribution in [3.63, 3.8) is 0 Å². The second-order valence-corrected chi connectivity index (χ2v) is 4.86. The van der Waals surface area contributed by atoms with Gasteiger partial charge in [-0.3, -0.25) is 4.79 Å². The van der Waals surface area contributed by atoms with E-state index >= 15 is 0 Å². The first-order chi connectivity index (χ1) is 11.2. The summed E-state index contributed by atoms with van der Waals surface area (Å²) in [6, 6.07) is 2.28. The molecule has 0 saturated carbocycles. The van der Waals surface area contributed by atoms with E-state index in [1.807, 2.05) is 0 Å². The lowest BCUT2D eigenvalue weighted by Gasteiger charge is -2.14. The van der Waals surface area contributed by atoms with Crippen LogP contribution in [0.2, 0.25) is 0 Å². The minimum Gasteiger partial charge on any atom is -0.481 e. The Labute approximate surface area is 135 Å². The van der Waals surface area contributed by atoms with Gasteiger partial charge < -0.3 is 15.0 Å². The Morgan fingerprint density at radius 2 is 1.92 bits per heavy atom. The number of amides is 1. The summed E-state index contributed by atoms with van der Waals surface area (Å²) in [5.41, 5.74) is -1.87. The number of nitrogens with one attached hydrogen (secondary N) is 1. The van der Waals surface area contributed by atoms with Crippen molar-refractivity contribution < 1.29 is 22.7 Å². The zero-order valence-electron chi connectivity index (χ0n) is 13.0. The fourth-order valence-electron chi connectivity index (χ4n) is 1.73. The van der Waals surface area contributed by atoms with Crippen LogP contribution in [0.5, 0.6) is 5.88 Å². The van der Waals surface area contributed by atoms with E-state index < -0.39 is 23.5 Å². The Morgan fingerprint density at radius 3 is 2.42 bits per heavy atom. The fourth-order valence-corrected chi connectivity index (χ4v) is 1.73. The third-order valence-corrected chi connectivity index (χ3v) is 2.92. The first-order valence-corrected chi connectivity index (χ1v) is 6.65. The Hall–Kier alpha value is -2.91. The first-order valence-electron chi connectivity index (χ1n) is 6.65. The number of rotatable bonds is 4. The van der Waals surface area contributed by atoms with Crippen LogP contribution in [0.4, 0.5) is 24.7 Å². The number of hydrogen-bond donors (Lipinski definition) is 1. The lowest BCUT2D eigenvalue weighted by Crippen LogP contribution is -2.20. The number of halogens is 3. The second-order valence-electron chi connectivity index (χ2n) is 4.86. The molecule has 2 rings (SSSR count). The van der Waals surface area contributed by atoms with Gasteiger partial charge in [0.15, 0.2) is 5.69 Å². The van der Waals surface area contributed by atoms with Gasteiger partial charge in [0.05, 0.1) is 25.2 Å². The highest BCUT2D eigenvalue weighted by Crippen LogP contribution is 2.34. The number of carbonyl (C=O) groups excluding carboxylic acids is 1. The molecule has 0 bridgehead atoms. The van der Waals surface area contributed by atoms with Gasteiger partial charge in [0, 0.05) is 20.2 Å². The molecule has 0 aliphatic heterocycles. The highest BCUT2D eigenvalue weighted by molar-refractivity contribution is 6.03. The third kappa shape index (κ3) is 3.89. The lowest BCUT2D eigenvalue weighted by molar-refractivity contribution is -0.140. The summed E-state index contributed by atoms with van der Waals surface area (Å²) in [4.78, 5) is 25.0. The summed E-state index contributed by atoms with van der Waals surface area (Å²) < 4.78 is 43.8. The SMILES string of the molecule is COc1ccc(NC(=O)c2cnc(N(C)C)cn2)c(C(F)(F)F)n1. The van der Waals surface area contributed by atoms with E-state index in [2.05, 4.69) is 25.0 Å². The van der Waals surface area contributed by atoms with Crippen LogP contribution >= 0.6 is 0 Å². The number of alkyl halides is 3. The van der Waals surface area contributed by atoms with E-state index in [0.29, 0.717) is 5.82 Å². The molecule has 1 amide bonds. The van der Waals surface area contributed by atoms with Crippen molar-refractivity contribution in [3.05, 3.63) is 35.9 Å². The van der Waals surface area contributed by atoms with Gasteiger partial charge in [-0.15, -0.1) is 0 Å². The quantitative estimate of drug-likeness (QED) is 0.918. The Morgan fingerprint density at radius 1 is 1.21 bits per heavy atom. The molecular formula is C14H14F3N5O2. The monoisotopic (exact) mass is 341 g/mol. The zero-order valence-corrected chi connectivity index (χ0v) is 13.0. The van der Waals surface area contributed by atoms with Crippen molar-refractivity contribution in [3.8, 4) is 5.88 Å². The molecule has 2 heterocycles. The summed E-state index contributed by atoms with van der Waals surface area (Å²) in [5.74, 6) is -0.533. The molecule has 24 heavy (non-hydrogen) atoms. The maximum absolute atomic E-state index is 13.1. The molecule has 2 aromatic rings. The summed E-state index contributed by atoms with van der Waals surface area (Å²) in [6.07, 6.45) is -2.24. The average molecular weight is 341 g/mol. The molecule has 0 unspecified atom stereocenters. The summed E-state index contributed by atoms with van der Waals surface area (Å²) >= 11 is 0. The Bertz CT molecular complexity index is 732. The Kier molecular flexibility index (Phi) is 4.86. The molecule has 128 valence electrons. The van der Waals surface area contributed by atoms with Crippen LogP contribution in [0, 0.1) is 0 Å². The van der Waals surface area contributed by atoms with Gasteiger partial charge in [-0.25, -0.2) is 15.0 Å². The molecule has 0 fully saturated rings. The minimum absolute atomic E-state index is 0.121. The molecule has 7 nitrogen and oxygen atoms in total. The van der Waals surface area contributed by atoms with Crippen molar-refractivity contribution in [2.24, 2.45) is 0 Å². The normalized spacial score (nSPS) is 11.1. The zero-order chi connectivity index (χ0) is 17.9. The highest BCUT2D eigenvalue weighted by atomic mass is 19.4. The maximum atomic E-state index is 13.1. The molecule has 0 aromatic carbocycles. The van der Waals surface area contributed by atoms with E-state index in [9.17, 15) is 18.0 Å². The standard InChI is InChI=1S/C14H14F3N5O2/c1-22(2)10-7-18-9(6-19-10)13(23)20-8-4-5-11(24-3)21-12(8)14(15,16)17/h4-7H,1-3H3,(H,20,23). The van der Waals surface area contributed by atoms with Gasteiger partial charge in [0.2, 0.25) is 5.88 Å². The largest absolute Gasteiger partial charge is 0.481 e. The number of nitrogens with zero attached hydrogens (tertiary/aromatic N) is 4. The van der Waals surface area contributed by atoms with E-state index in [1.54, 1.807) is 19.0 Å². The molecule has 0 aliphatic carbocycles. The molecule has 1 N–H and O–H groups in total. The molecule has 0 saturated heterocycles. The summed E-state index contributed by atoms with van der Waals surface area (Å²) in [5, 5.41) is 2.14. The average Bonchev–Trinajstić information content (AvgIpc) is 2.54. The van der Waals surface area contributed by atoms with Crippen LogP contribution in [-0.2, 0) is 6.18 Å². The number of carbonyl (C=O) groups is 1. The molecule has 2 aromatic heterocycles. The lowest BCUT2D eigenvalue weighted by atomic mass is 10.2. The van der Waals surface area contributed by atoms with Crippen LogP contribution in [0.15, 0.2) is 24.5 Å². The van der Waals surface area contributed by atoms with Crippen molar-refractivity contribution in [1.82, 2.24) is 15.0 Å². The van der Waals surface area contributed by atoms with E-state index in [0.717, 1.165) is 6.07 Å². The molecule has 0 radical (unpaired) electrons. The van der Waals surface area contributed by atoms with E-state index in [-0.39, 0.29) is 11.6 Å². The number of methoxy groups -OCH3 is 1. The smallest absolute Gasteiger partial charge is 0.435 e. The highest BCUT2D eigenvalue weighted by Gasteiger charge is 2.36. The number of hydrogen-bond acceptors (Lipinski definition) is 6. The summed E-state index contributed by atoms with van der Waals surface area (Å²) in [6.45, 7) is 0. The van der Waals surface area contributed by atoms with Crippen molar-refractivity contribution in [1.29, 1.82) is 0 Å². The minimum atomic E-state index is -4.75. The van der Waals surface area contributed by atoms with Gasteiger partial charge in [0.1, 0.15) is 11.5 Å². The molecule has 0 aliphatic rings. The number of pyridine rings is 1. The van der Waals surface area contributed by atoms with E-state index in [4.69, 9.17) is 0 Å². The van der Waals surface area contributed by atoms with Crippen LogP contribution in [-0.4, -0.2) is 42.1 Å². The van der Waals surface area contributed by atoms with Crippen LogP contribution in [0.3, 0.4) is 0 Å². The predicted octanol–water partition coefficient (Wildman–Crippen LogP) is 2.22. The summed E-state index contributed by atoms with van der Waals surface area (Å²) in [7, 11) is 4.67. The predicted molar refractivity (Wildman–Crippen MR) is 80.1 cm³/mol. The third-order valence-electron chi connectivity index (χ3n) is 2.92. The second kappa shape index (κ2) is 6.69. The molecule has 0 spiro atoms. The van der Waals surface area contributed by atoms with E-state index in [1.165, 1.54) is 25.6 Å². The number of ether oxygens (including phenoxy) is 1. The van der Waals surface area contributed by atoms with Gasteiger partial charge in [-0.05, 0) is 6.07 Å². The van der Waals surface area contributed by atoms with Crippen LogP contribution in [0.25, 0.3) is 0 Å². The fraction of sp³-hybridized carbons (Fsp3) is 0.286. The van der Waals surface area contributed by atoms with Crippen molar-refractivity contribution in [2.75, 3.05) is 31.4 Å². The van der Waals surface area contributed by atoms with Gasteiger partial charge in [-0.2, -0.15) is 13.2 Å². The van der Waals surface area contributed by atoms with Crippen LogP contribution in [0.1, 0.15) is 16.2 Å². The van der Waals surface area contributed by atoms with Crippen molar-refractivity contribution in [2.45, 2.75) is 6.18 Å². The maximum Gasteiger partial charge on any atom is 0.435 e.